The van der Waals surface area contributed by atoms with Gasteiger partial charge in [-0.1, -0.05) is 182 Å². The van der Waals surface area contributed by atoms with Crippen molar-refractivity contribution in [3.05, 3.63) is 261 Å². The van der Waals surface area contributed by atoms with Crippen LogP contribution in [-0.4, -0.2) is 93.2 Å². The van der Waals surface area contributed by atoms with Crippen LogP contribution in [0.2, 0.25) is 10.0 Å². The second kappa shape index (κ2) is 35.4. The van der Waals surface area contributed by atoms with Crippen LogP contribution in [0.4, 0.5) is 75.4 Å². The van der Waals surface area contributed by atoms with Gasteiger partial charge >= 0.3 is 58.8 Å². The number of nitrogens with zero attached hydrogens (tertiary/aromatic N) is 8. The van der Waals surface area contributed by atoms with E-state index in [0.29, 0.717) is 79.6 Å². The van der Waals surface area contributed by atoms with Gasteiger partial charge in [-0.3, -0.25) is 49.0 Å². The summed E-state index contributed by atoms with van der Waals surface area (Å²) in [5.41, 5.74) is 4.47. The maximum absolute atomic E-state index is 14.1. The summed E-state index contributed by atoms with van der Waals surface area (Å²) < 4.78 is 171. The topological polar surface area (TPSA) is 65.4 Å². The first kappa shape index (κ1) is 86.3. The molecule has 5 aromatic carbocycles. The van der Waals surface area contributed by atoms with Crippen LogP contribution in [0.3, 0.4) is 0 Å². The average molecular weight is 1530 g/mol. The molecule has 0 aromatic heterocycles. The second-order valence-electron chi connectivity index (χ2n) is 25.6. The van der Waals surface area contributed by atoms with Gasteiger partial charge in [0.1, 0.15) is 5.84 Å². The molecule has 0 radical (unpaired) electrons. The molecule has 5 aromatic rings. The predicted molar refractivity (Wildman–Crippen MR) is 379 cm³/mol. The Balaban J connectivity index is 0.000000414. The smallest absolute Gasteiger partial charge is 0.486 e. The predicted octanol–water partition coefficient (Wildman–Crippen LogP) is 23.9. The summed E-state index contributed by atoms with van der Waals surface area (Å²) in [4.78, 5) is 14.1. The maximum atomic E-state index is 14.1. The van der Waals surface area contributed by atoms with E-state index in [9.17, 15) is 52.7 Å². The number of para-hydroxylation sites is 2. The number of benzene rings is 5. The van der Waals surface area contributed by atoms with E-state index in [-0.39, 0.29) is 137 Å². The van der Waals surface area contributed by atoms with Gasteiger partial charge in [0.2, 0.25) is 0 Å². The number of aliphatic imine (C=N–C) groups is 2. The summed E-state index contributed by atoms with van der Waals surface area (Å²) >= 11 is 13.2. The number of amidine groups is 4. The molecule has 0 amide bonds. The van der Waals surface area contributed by atoms with Gasteiger partial charge in [-0.2, -0.15) is 75.0 Å². The van der Waals surface area contributed by atoms with E-state index in [1.807, 2.05) is 85.2 Å². The molecule has 8 nitrogen and oxygen atoms in total. The normalized spacial score (nSPS) is 16.5. The third-order valence-electron chi connectivity index (χ3n) is 16.5. The molecule has 0 saturated carbocycles. The molecule has 0 spiro atoms. The second-order valence-corrected chi connectivity index (χ2v) is 26.5. The molecule has 2 aliphatic carbocycles. The molecule has 2 fully saturated rings. The fourth-order valence-corrected chi connectivity index (χ4v) is 12.4. The van der Waals surface area contributed by atoms with Crippen molar-refractivity contribution in [2.45, 2.75) is 151 Å². The Labute approximate surface area is 619 Å². The Morgan fingerprint density at radius 1 is 0.485 bits per heavy atom. The van der Waals surface area contributed by atoms with Gasteiger partial charge in [-0.25, -0.2) is 9.98 Å². The molecule has 24 heteroatoms. The number of halogens is 14. The van der Waals surface area contributed by atoms with Crippen molar-refractivity contribution in [3.8, 4) is 0 Å². The van der Waals surface area contributed by atoms with Crippen molar-refractivity contribution >= 4 is 69.3 Å². The van der Waals surface area contributed by atoms with Gasteiger partial charge in [0.05, 0.1) is 38.6 Å². The average Bonchev–Trinajstić information content (AvgIpc) is 0.784. The number of hydrogen-bond acceptors (Lipinski definition) is 2. The number of aryl methyl sites for hydroxylation is 4. The third-order valence-corrected chi connectivity index (χ3v) is 17.1. The summed E-state index contributed by atoms with van der Waals surface area (Å²) in [7, 11) is 0. The third kappa shape index (κ3) is 21.5. The zero-order valence-electron chi connectivity index (χ0n) is 58.9. The first-order valence-electron chi connectivity index (χ1n) is 31.8. The summed E-state index contributed by atoms with van der Waals surface area (Å²) in [6.07, 6.45) is -16.0. The van der Waals surface area contributed by atoms with E-state index in [1.54, 1.807) is 60.6 Å². The minimum atomic E-state index is -5.04. The number of hydrogen-bond donors (Lipinski definition) is 0. The van der Waals surface area contributed by atoms with E-state index in [2.05, 4.69) is 72.8 Å². The Morgan fingerprint density at radius 2 is 0.812 bits per heavy atom. The van der Waals surface area contributed by atoms with Gasteiger partial charge in [0.25, 0.3) is 0 Å². The summed E-state index contributed by atoms with van der Waals surface area (Å²) in [6.45, 7) is 30.6. The van der Waals surface area contributed by atoms with Crippen LogP contribution in [0.5, 0.6) is 0 Å². The molecule has 2 saturated heterocycles. The summed E-state index contributed by atoms with van der Waals surface area (Å²) in [5.74, 6) is 1.06. The molecule has 101 heavy (non-hydrogen) atoms. The van der Waals surface area contributed by atoms with E-state index in [1.165, 1.54) is 0 Å². The van der Waals surface area contributed by atoms with E-state index >= 15 is 0 Å². The monoisotopic (exact) mass is 1530 g/mol. The molecule has 4 aliphatic rings. The molecule has 546 valence electrons. The molecule has 0 unspecified atom stereocenters. The number of rotatable bonds is 11. The molecule has 0 N–H and O–H groups in total. The summed E-state index contributed by atoms with van der Waals surface area (Å²) in [6, 6.07) is 28.6. The molecule has 0 bridgehead atoms. The van der Waals surface area contributed by atoms with Crippen molar-refractivity contribution in [1.82, 2.24) is 9.80 Å². The van der Waals surface area contributed by atoms with Crippen LogP contribution in [0.25, 0.3) is 10.6 Å². The molecule has 2 heterocycles. The van der Waals surface area contributed by atoms with Crippen molar-refractivity contribution in [3.63, 3.8) is 0 Å². The molecule has 2 aliphatic heterocycles. The molecule has 9 rings (SSSR count). The van der Waals surface area contributed by atoms with Crippen LogP contribution in [0, 0.1) is 80.6 Å². The van der Waals surface area contributed by atoms with Crippen LogP contribution in [0.15, 0.2) is 148 Å². The van der Waals surface area contributed by atoms with Gasteiger partial charge in [-0.15, -0.1) is 0 Å². The fourth-order valence-electron chi connectivity index (χ4n) is 11.7. The van der Waals surface area contributed by atoms with Gasteiger partial charge in [0.15, 0.2) is 0 Å². The van der Waals surface area contributed by atoms with Crippen LogP contribution in [0.1, 0.15) is 149 Å². The van der Waals surface area contributed by atoms with Crippen molar-refractivity contribution < 1.29 is 96.0 Å². The SMILES string of the molecule is CC(=Nc1c(C(C)C)cccc1C(C)C)N1[CH-][N+](=C([N-]c2c(C)cc(C)cc2Cl)[C-]2C=C(C(F)(F)F)[CH-]C(C(F)(F)F)=C2)CCC1.Cc1cc(C)c([N-]C([C-]2C=C(C(F)(F)F)[CH-]C(C(F)(F)F)=C2)=[N+]2[CH-]N(C(=Nc3c(C(C)C)cccc3C(C)C)c3ccccc3)CCC2)c(Cl)c1.[CH3-].[CH3-].[Fe+4].[Fe+4]. The Bertz CT molecular complexity index is 3810. The Hall–Kier alpha value is -7.06. The Kier molecular flexibility index (Phi) is 30.3. The van der Waals surface area contributed by atoms with Crippen LogP contribution in [-0.2, 0) is 34.1 Å². The quantitative estimate of drug-likeness (QED) is 0.0330. The molecular formula is C77H84Cl2F12Fe2N8. The minimum Gasteiger partial charge on any atom is -0.486 e. The number of alkyl halides is 12. The Morgan fingerprint density at radius 3 is 1.14 bits per heavy atom. The first-order valence-corrected chi connectivity index (χ1v) is 32.6. The van der Waals surface area contributed by atoms with Gasteiger partial charge in [0, 0.05) is 18.7 Å². The minimum absolute atomic E-state index is 0. The van der Waals surface area contributed by atoms with Gasteiger partial charge in [-0.05, 0) is 141 Å². The van der Waals surface area contributed by atoms with Crippen molar-refractivity contribution in [2.24, 2.45) is 9.98 Å². The first-order chi connectivity index (χ1) is 45.3. The van der Waals surface area contributed by atoms with Crippen molar-refractivity contribution in [1.29, 1.82) is 0 Å². The summed E-state index contributed by atoms with van der Waals surface area (Å²) in [5, 5.41) is 9.87. The van der Waals surface area contributed by atoms with Gasteiger partial charge < -0.3 is 44.4 Å². The zero-order valence-corrected chi connectivity index (χ0v) is 62.6. The fraction of sp³-hybridized carbons (Fsp3) is 0.351. The number of allylic oxidation sites excluding steroid dienone is 4. The standard InChI is InChI=1S/C40H40ClF6N4.C35H38ClF6N4.2CH3.2Fe/c1-24(2)32-14-10-15-33(25(3)4)36(32)49-37(28-12-8-7-9-13-28)50-16-11-17-51(23-50)38(48-35-27(6)18-26(5)19-34(35)41)29-20-30(39(42,43)44)22-31(21-29)40(45,46)47;1-20(2)28-10-8-11-29(21(3)4)32(28)43-24(7)45-12-9-13-46(19-45)33(44-31-23(6)14-22(5)15-30(31)36)25-16-26(34(37,38)39)18-27(17-25)35(40,41)42;;;;/h7-10,12-15,18-25H,11,16-17H2,1-6H3;8,10-11,14-21H,9,12-13H2,1-7H3;2*1H3;;/q2*-3;2*-1;2*+4. The van der Waals surface area contributed by atoms with Crippen LogP contribution < -0.4 is 0 Å². The maximum Gasteiger partial charge on any atom is 4.00 e. The molecule has 0 atom stereocenters. The van der Waals surface area contributed by atoms with E-state index < -0.39 is 47.0 Å². The largest absolute Gasteiger partial charge is 4.00 e. The molecular weight excluding hydrogens is 1450 g/mol. The van der Waals surface area contributed by atoms with Crippen LogP contribution >= 0.6 is 23.2 Å². The van der Waals surface area contributed by atoms with E-state index in [4.69, 9.17) is 38.5 Å². The van der Waals surface area contributed by atoms with E-state index in [0.717, 1.165) is 50.3 Å². The van der Waals surface area contributed by atoms with Crippen molar-refractivity contribution in [2.75, 3.05) is 26.2 Å². The zero-order chi connectivity index (χ0) is 71.4.